The molecule has 0 N–H and O–H groups in total. The molecule has 0 saturated carbocycles. The lowest BCUT2D eigenvalue weighted by Gasteiger charge is -2.13. The van der Waals surface area contributed by atoms with Crippen LogP contribution in [0.4, 0.5) is 0 Å². The van der Waals surface area contributed by atoms with Crippen LogP contribution in [0.25, 0.3) is 10.9 Å². The number of aryl methyl sites for hydroxylation is 2. The van der Waals surface area contributed by atoms with Crippen molar-refractivity contribution in [1.29, 1.82) is 0 Å². The van der Waals surface area contributed by atoms with Gasteiger partial charge in [-0.25, -0.2) is 4.98 Å². The van der Waals surface area contributed by atoms with Crippen molar-refractivity contribution >= 4 is 16.9 Å². The van der Waals surface area contributed by atoms with Gasteiger partial charge in [0.2, 0.25) is 0 Å². The summed E-state index contributed by atoms with van der Waals surface area (Å²) in [6.07, 6.45) is 0.880. The molecular weight excluding hydrogens is 270 g/mol. The Kier molecular flexibility index (Phi) is 4.62. The number of pyridine rings is 1. The van der Waals surface area contributed by atoms with Crippen molar-refractivity contribution < 1.29 is 19.0 Å². The van der Waals surface area contributed by atoms with E-state index < -0.39 is 0 Å². The number of methoxy groups -OCH3 is 3. The normalized spacial score (nSPS) is 10.5. The molecule has 2 rings (SSSR count). The molecule has 0 aliphatic heterocycles. The van der Waals surface area contributed by atoms with Crippen LogP contribution in [0.3, 0.4) is 0 Å². The Balaban J connectivity index is 2.59. The maximum Gasteiger partial charge on any atom is 0.305 e. The molecule has 0 aliphatic carbocycles. The monoisotopic (exact) mass is 289 g/mol. The molecule has 0 saturated heterocycles. The maximum atomic E-state index is 11.4. The molecule has 0 atom stereocenters. The number of benzene rings is 1. The molecule has 5 heteroatoms. The highest BCUT2D eigenvalue weighted by Crippen LogP contribution is 2.35. The molecule has 0 spiro atoms. The summed E-state index contributed by atoms with van der Waals surface area (Å²) in [5.41, 5.74) is 2.62. The number of hydrogen-bond donors (Lipinski definition) is 0. The predicted molar refractivity (Wildman–Crippen MR) is 79.9 cm³/mol. The quantitative estimate of drug-likeness (QED) is 0.792. The summed E-state index contributed by atoms with van der Waals surface area (Å²) < 4.78 is 15.5. The molecule has 0 aliphatic rings. The van der Waals surface area contributed by atoms with E-state index >= 15 is 0 Å². The van der Waals surface area contributed by atoms with Crippen LogP contribution >= 0.6 is 0 Å². The van der Waals surface area contributed by atoms with Gasteiger partial charge in [-0.05, 0) is 37.1 Å². The number of carbonyl (C=O) groups excluding carboxylic acids is 1. The smallest absolute Gasteiger partial charge is 0.305 e. The third-order valence-corrected chi connectivity index (χ3v) is 3.36. The average molecular weight is 289 g/mol. The third-order valence-electron chi connectivity index (χ3n) is 3.36. The SMILES string of the molecule is COC(=O)CCc1cc(C)nc2c(OC)ccc(OC)c12. The van der Waals surface area contributed by atoms with E-state index in [2.05, 4.69) is 4.98 Å². The lowest BCUT2D eigenvalue weighted by molar-refractivity contribution is -0.140. The topological polar surface area (TPSA) is 57.7 Å². The molecule has 112 valence electrons. The van der Waals surface area contributed by atoms with E-state index in [1.54, 1.807) is 14.2 Å². The second-order valence-corrected chi connectivity index (χ2v) is 4.69. The molecule has 0 fully saturated rings. The highest BCUT2D eigenvalue weighted by atomic mass is 16.5. The first-order chi connectivity index (χ1) is 10.1. The largest absolute Gasteiger partial charge is 0.496 e. The molecule has 1 aromatic carbocycles. The van der Waals surface area contributed by atoms with Gasteiger partial charge in [0, 0.05) is 17.5 Å². The number of fused-ring (bicyclic) bond motifs is 1. The number of rotatable bonds is 5. The molecule has 1 heterocycles. The van der Waals surface area contributed by atoms with E-state index in [0.29, 0.717) is 18.6 Å². The Hall–Kier alpha value is -2.30. The fraction of sp³-hybridized carbons (Fsp3) is 0.375. The first kappa shape index (κ1) is 15.1. The summed E-state index contributed by atoms with van der Waals surface area (Å²) in [6.45, 7) is 1.92. The summed E-state index contributed by atoms with van der Waals surface area (Å²) in [5, 5.41) is 0.881. The van der Waals surface area contributed by atoms with Crippen LogP contribution in [0.1, 0.15) is 17.7 Å². The summed E-state index contributed by atoms with van der Waals surface area (Å²) in [5.74, 6) is 1.17. The Bertz CT molecular complexity index is 667. The van der Waals surface area contributed by atoms with Crippen LogP contribution in [0.5, 0.6) is 11.5 Å². The van der Waals surface area contributed by atoms with E-state index in [-0.39, 0.29) is 5.97 Å². The number of carbonyl (C=O) groups is 1. The Morgan fingerprint density at radius 2 is 1.81 bits per heavy atom. The van der Waals surface area contributed by atoms with Crippen molar-refractivity contribution in [2.75, 3.05) is 21.3 Å². The lowest BCUT2D eigenvalue weighted by Crippen LogP contribution is -2.04. The first-order valence-corrected chi connectivity index (χ1v) is 6.68. The van der Waals surface area contributed by atoms with Gasteiger partial charge >= 0.3 is 5.97 Å². The second-order valence-electron chi connectivity index (χ2n) is 4.69. The summed E-state index contributed by atoms with van der Waals surface area (Å²) in [7, 11) is 4.62. The minimum Gasteiger partial charge on any atom is -0.496 e. The van der Waals surface area contributed by atoms with E-state index in [9.17, 15) is 4.79 Å². The zero-order valence-corrected chi connectivity index (χ0v) is 12.7. The van der Waals surface area contributed by atoms with Gasteiger partial charge < -0.3 is 14.2 Å². The lowest BCUT2D eigenvalue weighted by atomic mass is 10.0. The number of hydrogen-bond acceptors (Lipinski definition) is 5. The third kappa shape index (κ3) is 3.07. The number of ether oxygens (including phenoxy) is 3. The predicted octanol–water partition coefficient (Wildman–Crippen LogP) is 2.67. The minimum absolute atomic E-state index is 0.237. The molecule has 1 aromatic heterocycles. The van der Waals surface area contributed by atoms with Crippen LogP contribution in [-0.2, 0) is 16.0 Å². The fourth-order valence-corrected chi connectivity index (χ4v) is 2.38. The Morgan fingerprint density at radius 1 is 1.14 bits per heavy atom. The van der Waals surface area contributed by atoms with Gasteiger partial charge in [-0.2, -0.15) is 0 Å². The highest BCUT2D eigenvalue weighted by molar-refractivity contribution is 5.93. The summed E-state index contributed by atoms with van der Waals surface area (Å²) in [4.78, 5) is 15.9. The van der Waals surface area contributed by atoms with E-state index in [1.165, 1.54) is 7.11 Å². The van der Waals surface area contributed by atoms with Gasteiger partial charge in [0.25, 0.3) is 0 Å². The van der Waals surface area contributed by atoms with Crippen molar-refractivity contribution in [3.8, 4) is 11.5 Å². The van der Waals surface area contributed by atoms with Crippen LogP contribution in [-0.4, -0.2) is 32.3 Å². The van der Waals surface area contributed by atoms with E-state index in [0.717, 1.165) is 27.9 Å². The fourth-order valence-electron chi connectivity index (χ4n) is 2.38. The maximum absolute atomic E-state index is 11.4. The summed E-state index contributed by atoms with van der Waals surface area (Å²) >= 11 is 0. The van der Waals surface area contributed by atoms with Gasteiger partial charge in [-0.1, -0.05) is 0 Å². The highest BCUT2D eigenvalue weighted by Gasteiger charge is 2.15. The number of esters is 1. The second kappa shape index (κ2) is 6.43. The van der Waals surface area contributed by atoms with Crippen LogP contribution < -0.4 is 9.47 Å². The zero-order valence-electron chi connectivity index (χ0n) is 12.7. The first-order valence-electron chi connectivity index (χ1n) is 6.68. The molecule has 0 unspecified atom stereocenters. The van der Waals surface area contributed by atoms with E-state index in [1.807, 2.05) is 25.1 Å². The average Bonchev–Trinajstić information content (AvgIpc) is 2.50. The van der Waals surface area contributed by atoms with Crippen molar-refractivity contribution in [2.24, 2.45) is 0 Å². The van der Waals surface area contributed by atoms with Crippen LogP contribution in [0.15, 0.2) is 18.2 Å². The van der Waals surface area contributed by atoms with Crippen LogP contribution in [0, 0.1) is 6.92 Å². The number of aromatic nitrogens is 1. The Labute approximate surface area is 123 Å². The van der Waals surface area contributed by atoms with Gasteiger partial charge in [0.1, 0.15) is 17.0 Å². The van der Waals surface area contributed by atoms with Crippen molar-refractivity contribution in [3.63, 3.8) is 0 Å². The zero-order chi connectivity index (χ0) is 15.4. The Morgan fingerprint density at radius 3 is 2.43 bits per heavy atom. The van der Waals surface area contributed by atoms with Crippen molar-refractivity contribution in [1.82, 2.24) is 4.98 Å². The molecule has 0 radical (unpaired) electrons. The van der Waals surface area contributed by atoms with Crippen LogP contribution in [0.2, 0.25) is 0 Å². The van der Waals surface area contributed by atoms with Crippen molar-refractivity contribution in [2.45, 2.75) is 19.8 Å². The van der Waals surface area contributed by atoms with E-state index in [4.69, 9.17) is 14.2 Å². The molecule has 21 heavy (non-hydrogen) atoms. The standard InChI is InChI=1S/C16H19NO4/c1-10-9-11(5-8-14(18)21-4)15-12(19-2)6-7-13(20-3)16(15)17-10/h6-7,9H,5,8H2,1-4H3. The van der Waals surface area contributed by atoms with Gasteiger partial charge in [-0.3, -0.25) is 4.79 Å². The molecule has 5 nitrogen and oxygen atoms in total. The molecule has 2 aromatic rings. The van der Waals surface area contributed by atoms with Gasteiger partial charge in [0.15, 0.2) is 0 Å². The molecular formula is C16H19NO4. The number of nitrogens with zero attached hydrogens (tertiary/aromatic N) is 1. The molecule has 0 bridgehead atoms. The van der Waals surface area contributed by atoms with Gasteiger partial charge in [0.05, 0.1) is 21.3 Å². The van der Waals surface area contributed by atoms with Crippen molar-refractivity contribution in [3.05, 3.63) is 29.5 Å². The summed E-state index contributed by atoms with van der Waals surface area (Å²) in [6, 6.07) is 5.64. The minimum atomic E-state index is -0.237. The van der Waals surface area contributed by atoms with Gasteiger partial charge in [-0.15, -0.1) is 0 Å². The molecule has 0 amide bonds.